The number of benzene rings is 1. The molecule has 0 amide bonds. The molecule has 9 heteroatoms. The van der Waals surface area contributed by atoms with Gasteiger partial charge in [0.25, 0.3) is 0 Å². The highest BCUT2D eigenvalue weighted by molar-refractivity contribution is 7.89. The Morgan fingerprint density at radius 2 is 2.00 bits per heavy atom. The van der Waals surface area contributed by atoms with Gasteiger partial charge in [-0.25, -0.2) is 17.2 Å². The smallest absolute Gasteiger partial charge is 0.246 e. The molecule has 2 fully saturated rings. The van der Waals surface area contributed by atoms with Crippen LogP contribution in [0.5, 0.6) is 0 Å². The predicted molar refractivity (Wildman–Crippen MR) is 89.9 cm³/mol. The molecule has 1 unspecified atom stereocenters. The van der Waals surface area contributed by atoms with Crippen molar-refractivity contribution in [2.24, 2.45) is 0 Å². The van der Waals surface area contributed by atoms with E-state index >= 15 is 0 Å². The first kappa shape index (κ1) is 17.5. The van der Waals surface area contributed by atoms with Crippen LogP contribution in [0.25, 0.3) is 0 Å². The second kappa shape index (κ2) is 6.70. The minimum atomic E-state index is -4.07. The molecule has 140 valence electrons. The lowest BCUT2D eigenvalue weighted by molar-refractivity contribution is 0.364. The van der Waals surface area contributed by atoms with Crippen LogP contribution >= 0.6 is 0 Å². The zero-order chi connectivity index (χ0) is 18.3. The summed E-state index contributed by atoms with van der Waals surface area (Å²) in [5, 5.41) is 8.10. The number of halogens is 2. The average Bonchev–Trinajstić information content (AvgIpc) is 3.15. The van der Waals surface area contributed by atoms with Crippen LogP contribution in [-0.2, 0) is 16.4 Å². The number of hydrogen-bond acceptors (Lipinski definition) is 4. The van der Waals surface area contributed by atoms with Gasteiger partial charge in [0, 0.05) is 25.0 Å². The van der Waals surface area contributed by atoms with E-state index in [0.717, 1.165) is 36.9 Å². The van der Waals surface area contributed by atoms with Crippen molar-refractivity contribution in [3.63, 3.8) is 0 Å². The highest BCUT2D eigenvalue weighted by Crippen LogP contribution is 2.36. The normalized spacial score (nSPS) is 21.4. The Bertz CT molecular complexity index is 911. The second-order valence-electron chi connectivity index (χ2n) is 6.91. The van der Waals surface area contributed by atoms with Gasteiger partial charge in [0.1, 0.15) is 28.7 Å². The largest absolute Gasteiger partial charge is 0.314 e. The fourth-order valence-electron chi connectivity index (χ4n) is 3.61. The van der Waals surface area contributed by atoms with Gasteiger partial charge in [-0.2, -0.15) is 4.31 Å². The molecule has 0 N–H and O–H groups in total. The third kappa shape index (κ3) is 3.25. The van der Waals surface area contributed by atoms with Crippen LogP contribution in [0.4, 0.5) is 8.78 Å². The summed E-state index contributed by atoms with van der Waals surface area (Å²) in [6, 6.07) is 2.74. The Labute approximate surface area is 150 Å². The molecule has 0 radical (unpaired) electrons. The number of sulfonamides is 1. The third-order valence-electron chi connectivity index (χ3n) is 5.09. The van der Waals surface area contributed by atoms with E-state index in [1.807, 2.05) is 0 Å². The SMILES string of the molecule is O=S(=O)(c1cc(F)ccc1F)N1CCCC1CCc1nncn1C1CC1. The van der Waals surface area contributed by atoms with Crippen LogP contribution in [0.3, 0.4) is 0 Å². The molecular weight excluding hydrogens is 362 g/mol. The fourth-order valence-corrected chi connectivity index (χ4v) is 5.42. The molecule has 2 aliphatic rings. The van der Waals surface area contributed by atoms with Gasteiger partial charge in [0.15, 0.2) is 0 Å². The van der Waals surface area contributed by atoms with Crippen LogP contribution in [0.15, 0.2) is 29.4 Å². The van der Waals surface area contributed by atoms with E-state index in [1.165, 1.54) is 4.31 Å². The maximum absolute atomic E-state index is 14.0. The van der Waals surface area contributed by atoms with Crippen LogP contribution < -0.4 is 0 Å². The molecule has 0 spiro atoms. The number of aryl methyl sites for hydroxylation is 1. The van der Waals surface area contributed by atoms with E-state index in [-0.39, 0.29) is 6.04 Å². The molecule has 4 rings (SSSR count). The van der Waals surface area contributed by atoms with Crippen LogP contribution in [0, 0.1) is 11.6 Å². The van der Waals surface area contributed by atoms with Crippen molar-refractivity contribution in [3.8, 4) is 0 Å². The Balaban J connectivity index is 1.52. The number of nitrogens with zero attached hydrogens (tertiary/aromatic N) is 4. The monoisotopic (exact) mass is 382 g/mol. The van der Waals surface area contributed by atoms with E-state index in [1.54, 1.807) is 6.33 Å². The van der Waals surface area contributed by atoms with Gasteiger partial charge < -0.3 is 4.57 Å². The van der Waals surface area contributed by atoms with Gasteiger partial charge in [0.05, 0.1) is 0 Å². The molecule has 1 aliphatic heterocycles. The number of rotatable bonds is 6. The first-order chi connectivity index (χ1) is 12.5. The maximum Gasteiger partial charge on any atom is 0.246 e. The third-order valence-corrected chi connectivity index (χ3v) is 7.06. The summed E-state index contributed by atoms with van der Waals surface area (Å²) in [5.74, 6) is -0.836. The van der Waals surface area contributed by atoms with E-state index in [0.29, 0.717) is 38.3 Å². The Morgan fingerprint density at radius 1 is 1.19 bits per heavy atom. The van der Waals surface area contributed by atoms with Crippen molar-refractivity contribution in [3.05, 3.63) is 42.0 Å². The van der Waals surface area contributed by atoms with Crippen LogP contribution in [0.2, 0.25) is 0 Å². The molecule has 1 aromatic heterocycles. The summed E-state index contributed by atoms with van der Waals surface area (Å²) in [4.78, 5) is -0.592. The van der Waals surface area contributed by atoms with Crippen molar-refractivity contribution in [1.29, 1.82) is 0 Å². The summed E-state index contributed by atoms with van der Waals surface area (Å²) in [7, 11) is -4.07. The van der Waals surface area contributed by atoms with Gasteiger partial charge in [-0.3, -0.25) is 0 Å². The van der Waals surface area contributed by atoms with Crippen molar-refractivity contribution in [2.45, 2.75) is 55.5 Å². The van der Waals surface area contributed by atoms with Crippen molar-refractivity contribution in [1.82, 2.24) is 19.1 Å². The van der Waals surface area contributed by atoms with Crippen molar-refractivity contribution in [2.75, 3.05) is 6.54 Å². The molecular formula is C17H20F2N4O2S. The first-order valence-corrected chi connectivity index (χ1v) is 10.3. The predicted octanol–water partition coefficient (Wildman–Crippen LogP) is 2.68. The molecule has 26 heavy (non-hydrogen) atoms. The number of aromatic nitrogens is 3. The molecule has 6 nitrogen and oxygen atoms in total. The molecule has 1 saturated carbocycles. The Hall–Kier alpha value is -1.87. The fraction of sp³-hybridized carbons (Fsp3) is 0.529. The summed E-state index contributed by atoms with van der Waals surface area (Å²) in [6.07, 6.45) is 6.56. The topological polar surface area (TPSA) is 68.1 Å². The highest BCUT2D eigenvalue weighted by Gasteiger charge is 2.37. The molecule has 1 saturated heterocycles. The summed E-state index contributed by atoms with van der Waals surface area (Å²) in [6.45, 7) is 0.318. The minimum Gasteiger partial charge on any atom is -0.314 e. The zero-order valence-corrected chi connectivity index (χ0v) is 15.0. The summed E-state index contributed by atoms with van der Waals surface area (Å²) < 4.78 is 56.5. The lowest BCUT2D eigenvalue weighted by Gasteiger charge is -2.24. The lowest BCUT2D eigenvalue weighted by Crippen LogP contribution is -2.36. The minimum absolute atomic E-state index is 0.243. The molecule has 1 aromatic carbocycles. The highest BCUT2D eigenvalue weighted by atomic mass is 32.2. The molecule has 2 aromatic rings. The standard InChI is InChI=1S/C17H20F2N4O2S/c18-12-3-7-15(19)16(10-12)26(24,25)23-9-1-2-14(23)6-8-17-21-20-11-22(17)13-4-5-13/h3,7,10-11,13-14H,1-2,4-6,8-9H2. The van der Waals surface area contributed by atoms with Crippen LogP contribution in [0.1, 0.15) is 44.0 Å². The Kier molecular flexibility index (Phi) is 4.52. The quantitative estimate of drug-likeness (QED) is 0.770. The zero-order valence-electron chi connectivity index (χ0n) is 14.2. The second-order valence-corrected chi connectivity index (χ2v) is 8.77. The molecule has 1 atom stereocenters. The number of hydrogen-bond donors (Lipinski definition) is 0. The van der Waals surface area contributed by atoms with Crippen molar-refractivity contribution >= 4 is 10.0 Å². The van der Waals surface area contributed by atoms with E-state index in [4.69, 9.17) is 0 Å². The molecule has 2 heterocycles. The lowest BCUT2D eigenvalue weighted by atomic mass is 10.1. The average molecular weight is 382 g/mol. The van der Waals surface area contributed by atoms with E-state index in [9.17, 15) is 17.2 Å². The van der Waals surface area contributed by atoms with Gasteiger partial charge in [-0.1, -0.05) is 0 Å². The van der Waals surface area contributed by atoms with Gasteiger partial charge in [0.2, 0.25) is 10.0 Å². The molecule has 1 aliphatic carbocycles. The van der Waals surface area contributed by atoms with E-state index in [2.05, 4.69) is 14.8 Å². The van der Waals surface area contributed by atoms with Gasteiger partial charge in [-0.15, -0.1) is 10.2 Å². The Morgan fingerprint density at radius 3 is 2.77 bits per heavy atom. The van der Waals surface area contributed by atoms with Crippen LogP contribution in [-0.4, -0.2) is 40.1 Å². The summed E-state index contributed by atoms with van der Waals surface area (Å²) in [5.41, 5.74) is 0. The molecule has 0 bridgehead atoms. The van der Waals surface area contributed by atoms with Gasteiger partial charge >= 0.3 is 0 Å². The van der Waals surface area contributed by atoms with Crippen molar-refractivity contribution < 1.29 is 17.2 Å². The van der Waals surface area contributed by atoms with E-state index < -0.39 is 26.6 Å². The van der Waals surface area contributed by atoms with Gasteiger partial charge in [-0.05, 0) is 50.3 Å². The maximum atomic E-state index is 14.0. The summed E-state index contributed by atoms with van der Waals surface area (Å²) >= 11 is 0. The first-order valence-electron chi connectivity index (χ1n) is 8.82.